The fourth-order valence-electron chi connectivity index (χ4n) is 2.33. The maximum Gasteiger partial charge on any atom is 0.291 e. The Hall–Kier alpha value is -2.28. The van der Waals surface area contributed by atoms with Crippen LogP contribution in [0.1, 0.15) is 5.56 Å². The van der Waals surface area contributed by atoms with Crippen molar-refractivity contribution in [2.24, 2.45) is 0 Å². The molecule has 0 unspecified atom stereocenters. The van der Waals surface area contributed by atoms with Gasteiger partial charge in [-0.1, -0.05) is 40.6 Å². The lowest BCUT2D eigenvalue weighted by atomic mass is 10.2. The Kier molecular flexibility index (Phi) is 4.03. The number of benzene rings is 2. The maximum atomic E-state index is 13.0. The van der Waals surface area contributed by atoms with Crippen LogP contribution in [0, 0.1) is 5.82 Å². The van der Waals surface area contributed by atoms with Gasteiger partial charge in [-0.05, 0) is 42.5 Å². The highest BCUT2D eigenvalue weighted by atomic mass is 35.5. The molecule has 25 heavy (non-hydrogen) atoms. The molecule has 0 N–H and O–H groups in total. The lowest BCUT2D eigenvalue weighted by molar-refractivity contribution is 0.628. The summed E-state index contributed by atoms with van der Waals surface area (Å²) in [6, 6.07) is 10.9. The van der Waals surface area contributed by atoms with Gasteiger partial charge < -0.3 is 0 Å². The number of hydrogen-bond donors (Lipinski definition) is 0. The summed E-state index contributed by atoms with van der Waals surface area (Å²) in [6.45, 7) is 0. The van der Waals surface area contributed by atoms with Gasteiger partial charge in [0.25, 0.3) is 5.56 Å². The second kappa shape index (κ2) is 6.22. The van der Waals surface area contributed by atoms with Crippen LogP contribution in [0.25, 0.3) is 22.4 Å². The summed E-state index contributed by atoms with van der Waals surface area (Å²) >= 11 is 13.5. The molecule has 8 heteroatoms. The van der Waals surface area contributed by atoms with Crippen LogP contribution in [0.4, 0.5) is 4.39 Å². The summed E-state index contributed by atoms with van der Waals surface area (Å²) < 4.78 is 14.7. The quantitative estimate of drug-likeness (QED) is 0.521. The van der Waals surface area contributed by atoms with Gasteiger partial charge in [0.2, 0.25) is 4.96 Å². The molecule has 0 fully saturated rings. The Morgan fingerprint density at radius 3 is 2.40 bits per heavy atom. The predicted octanol–water partition coefficient (Wildman–Crippen LogP) is 3.81. The first kappa shape index (κ1) is 16.2. The molecule has 0 spiro atoms. The molecule has 0 aliphatic heterocycles. The van der Waals surface area contributed by atoms with Crippen LogP contribution in [0.2, 0.25) is 10.0 Å². The van der Waals surface area contributed by atoms with Crippen LogP contribution < -0.4 is 10.1 Å². The molecule has 2 aromatic heterocycles. The van der Waals surface area contributed by atoms with Gasteiger partial charge in [-0.15, -0.1) is 5.10 Å². The third kappa shape index (κ3) is 2.93. The smallest absolute Gasteiger partial charge is 0.266 e. The van der Waals surface area contributed by atoms with E-state index >= 15 is 0 Å². The average Bonchev–Trinajstić information content (AvgIpc) is 3.12. The molecule has 2 aromatic carbocycles. The van der Waals surface area contributed by atoms with E-state index in [1.54, 1.807) is 36.4 Å². The molecule has 0 saturated heterocycles. The van der Waals surface area contributed by atoms with E-state index < -0.39 is 0 Å². The molecule has 0 atom stereocenters. The number of nitrogens with zero attached hydrogens (tertiary/aromatic N) is 3. The van der Waals surface area contributed by atoms with Crippen molar-refractivity contribution in [1.29, 1.82) is 0 Å². The molecular formula is C17H8Cl2FN3OS. The largest absolute Gasteiger partial charge is 0.291 e. The first-order chi connectivity index (χ1) is 12.0. The predicted molar refractivity (Wildman–Crippen MR) is 97.8 cm³/mol. The Balaban J connectivity index is 1.85. The van der Waals surface area contributed by atoms with Crippen molar-refractivity contribution in [3.63, 3.8) is 0 Å². The van der Waals surface area contributed by atoms with Crippen molar-refractivity contribution in [1.82, 2.24) is 14.6 Å². The highest BCUT2D eigenvalue weighted by molar-refractivity contribution is 7.15. The molecular weight excluding hydrogens is 384 g/mol. The molecule has 0 amide bonds. The molecule has 2 heterocycles. The molecule has 4 nitrogen and oxygen atoms in total. The van der Waals surface area contributed by atoms with Crippen molar-refractivity contribution in [2.45, 2.75) is 0 Å². The lowest BCUT2D eigenvalue weighted by Crippen LogP contribution is -2.23. The summed E-state index contributed by atoms with van der Waals surface area (Å²) in [5.74, 6) is 0.0217. The monoisotopic (exact) mass is 391 g/mol. The molecule has 0 radical (unpaired) electrons. The first-order valence-corrected chi connectivity index (χ1v) is 8.71. The van der Waals surface area contributed by atoms with Crippen LogP contribution in [0.15, 0.2) is 47.3 Å². The Morgan fingerprint density at radius 1 is 1.08 bits per heavy atom. The van der Waals surface area contributed by atoms with Crippen molar-refractivity contribution in [3.05, 3.63) is 78.8 Å². The van der Waals surface area contributed by atoms with E-state index in [-0.39, 0.29) is 11.4 Å². The van der Waals surface area contributed by atoms with E-state index in [9.17, 15) is 9.18 Å². The summed E-state index contributed by atoms with van der Waals surface area (Å²) in [4.78, 5) is 17.3. The van der Waals surface area contributed by atoms with Gasteiger partial charge >= 0.3 is 0 Å². The van der Waals surface area contributed by atoms with Crippen LogP contribution in [-0.2, 0) is 0 Å². The standard InChI is InChI=1S/C17H8Cl2FN3OS/c18-12-2-1-3-13(19)11(12)8-14-16(24)23-17(25-14)21-15(22-23)9-4-6-10(20)7-5-9/h1-8H/b14-8-. The van der Waals surface area contributed by atoms with Gasteiger partial charge in [-0.25, -0.2) is 4.39 Å². The fourth-order valence-corrected chi connectivity index (χ4v) is 3.73. The van der Waals surface area contributed by atoms with Gasteiger partial charge in [-0.2, -0.15) is 9.50 Å². The van der Waals surface area contributed by atoms with Gasteiger partial charge in [0.05, 0.1) is 4.53 Å². The van der Waals surface area contributed by atoms with E-state index in [4.69, 9.17) is 23.2 Å². The van der Waals surface area contributed by atoms with Crippen molar-refractivity contribution in [3.8, 4) is 11.4 Å². The number of aromatic nitrogens is 3. The molecule has 0 aliphatic rings. The van der Waals surface area contributed by atoms with Crippen LogP contribution in [-0.4, -0.2) is 14.6 Å². The number of halogens is 3. The highest BCUT2D eigenvalue weighted by Crippen LogP contribution is 2.25. The van der Waals surface area contributed by atoms with Gasteiger partial charge in [0.15, 0.2) is 5.82 Å². The topological polar surface area (TPSA) is 47.3 Å². The summed E-state index contributed by atoms with van der Waals surface area (Å²) in [6.07, 6.45) is 1.63. The molecule has 124 valence electrons. The van der Waals surface area contributed by atoms with Gasteiger partial charge in [0, 0.05) is 21.2 Å². The second-order valence-corrected chi connectivity index (χ2v) is 7.01. The molecule has 4 rings (SSSR count). The van der Waals surface area contributed by atoms with Crippen molar-refractivity contribution < 1.29 is 4.39 Å². The Labute approximate surface area is 154 Å². The number of rotatable bonds is 2. The first-order valence-electron chi connectivity index (χ1n) is 7.14. The van der Waals surface area contributed by atoms with Crippen LogP contribution in [0.3, 0.4) is 0 Å². The lowest BCUT2D eigenvalue weighted by Gasteiger charge is -1.99. The van der Waals surface area contributed by atoms with E-state index in [1.807, 2.05) is 0 Å². The van der Waals surface area contributed by atoms with E-state index in [2.05, 4.69) is 10.1 Å². The molecule has 0 aliphatic carbocycles. The summed E-state index contributed by atoms with van der Waals surface area (Å²) in [5.41, 5.74) is 0.902. The van der Waals surface area contributed by atoms with Crippen LogP contribution >= 0.6 is 34.5 Å². The van der Waals surface area contributed by atoms with Crippen molar-refractivity contribution >= 4 is 45.6 Å². The van der Waals surface area contributed by atoms with Gasteiger partial charge in [0.1, 0.15) is 5.82 Å². The van der Waals surface area contributed by atoms with E-state index in [0.29, 0.717) is 36.5 Å². The fraction of sp³-hybridized carbons (Fsp3) is 0. The summed E-state index contributed by atoms with van der Waals surface area (Å²) in [5, 5.41) is 5.13. The molecule has 0 bridgehead atoms. The second-order valence-electron chi connectivity index (χ2n) is 5.19. The number of hydrogen-bond acceptors (Lipinski definition) is 4. The number of fused-ring (bicyclic) bond motifs is 1. The normalized spacial score (nSPS) is 12.2. The summed E-state index contributed by atoms with van der Waals surface area (Å²) in [7, 11) is 0. The van der Waals surface area contributed by atoms with Crippen LogP contribution in [0.5, 0.6) is 0 Å². The molecule has 0 saturated carbocycles. The average molecular weight is 392 g/mol. The minimum Gasteiger partial charge on any atom is -0.266 e. The van der Waals surface area contributed by atoms with Gasteiger partial charge in [-0.3, -0.25) is 4.79 Å². The third-order valence-electron chi connectivity index (χ3n) is 3.56. The Morgan fingerprint density at radius 2 is 1.76 bits per heavy atom. The minimum atomic E-state index is -0.345. The highest BCUT2D eigenvalue weighted by Gasteiger charge is 2.13. The number of thiazole rings is 1. The van der Waals surface area contributed by atoms with Crippen molar-refractivity contribution in [2.75, 3.05) is 0 Å². The van der Waals surface area contributed by atoms with E-state index in [1.165, 1.54) is 28.0 Å². The zero-order chi connectivity index (χ0) is 17.6. The van der Waals surface area contributed by atoms with E-state index in [0.717, 1.165) is 0 Å². The third-order valence-corrected chi connectivity index (χ3v) is 5.18. The SMILES string of the molecule is O=c1/c(=C/c2c(Cl)cccc2Cl)sc2nc(-c3ccc(F)cc3)nn12. The zero-order valence-electron chi connectivity index (χ0n) is 12.4. The zero-order valence-corrected chi connectivity index (χ0v) is 14.7. The maximum absolute atomic E-state index is 13.0. The minimum absolute atomic E-state index is 0.308. The molecule has 4 aromatic rings. The Bertz CT molecular complexity index is 1180.